The van der Waals surface area contributed by atoms with Gasteiger partial charge in [-0.2, -0.15) is 0 Å². The topological polar surface area (TPSA) is 125 Å². The van der Waals surface area contributed by atoms with Crippen LogP contribution in [0.3, 0.4) is 0 Å². The van der Waals surface area contributed by atoms with Crippen molar-refractivity contribution in [3.8, 4) is 5.75 Å². The summed E-state index contributed by atoms with van der Waals surface area (Å²) in [7, 11) is -2.38. The van der Waals surface area contributed by atoms with Crippen molar-refractivity contribution in [3.05, 3.63) is 53.6 Å². The highest BCUT2D eigenvalue weighted by Crippen LogP contribution is 2.21. The van der Waals surface area contributed by atoms with Crippen LogP contribution in [0.4, 0.5) is 5.69 Å². The average Bonchev–Trinajstić information content (AvgIpc) is 2.61. The van der Waals surface area contributed by atoms with E-state index in [1.165, 1.54) is 38.3 Å². The second-order valence-electron chi connectivity index (χ2n) is 5.81. The number of primary sulfonamides is 1. The van der Waals surface area contributed by atoms with E-state index in [1.807, 2.05) is 6.92 Å². The molecule has 1 amide bonds. The molecule has 27 heavy (non-hydrogen) atoms. The zero-order valence-corrected chi connectivity index (χ0v) is 15.9. The molecule has 0 saturated carbocycles. The van der Waals surface area contributed by atoms with Gasteiger partial charge in [0.2, 0.25) is 10.0 Å². The first-order valence-corrected chi connectivity index (χ1v) is 9.46. The van der Waals surface area contributed by atoms with Gasteiger partial charge in [-0.25, -0.2) is 18.4 Å². The average molecular weight is 392 g/mol. The molecule has 2 aromatic carbocycles. The van der Waals surface area contributed by atoms with Crippen LogP contribution in [0.5, 0.6) is 5.75 Å². The summed E-state index contributed by atoms with van der Waals surface area (Å²) in [5, 5.41) is 7.55. The number of ether oxygens (including phenoxy) is 2. The van der Waals surface area contributed by atoms with Crippen molar-refractivity contribution < 1.29 is 27.5 Å². The number of hydrogen-bond acceptors (Lipinski definition) is 6. The minimum Gasteiger partial charge on any atom is -0.496 e. The molecule has 2 rings (SSSR count). The van der Waals surface area contributed by atoms with Gasteiger partial charge in [0.1, 0.15) is 11.3 Å². The fourth-order valence-corrected chi connectivity index (χ4v) is 2.75. The van der Waals surface area contributed by atoms with Gasteiger partial charge in [-0.3, -0.25) is 4.79 Å². The SMILES string of the molecule is COc1ccc(C)cc1C(=O)OC(C)C(=O)Nc1ccc(S(N)(=O)=O)cc1. The van der Waals surface area contributed by atoms with E-state index in [2.05, 4.69) is 5.32 Å². The summed E-state index contributed by atoms with van der Waals surface area (Å²) in [4.78, 5) is 24.5. The maximum atomic E-state index is 12.3. The molecule has 0 heterocycles. The van der Waals surface area contributed by atoms with Gasteiger partial charge in [0, 0.05) is 5.69 Å². The van der Waals surface area contributed by atoms with Gasteiger partial charge in [-0.15, -0.1) is 0 Å². The van der Waals surface area contributed by atoms with Crippen molar-refractivity contribution in [2.75, 3.05) is 12.4 Å². The summed E-state index contributed by atoms with van der Waals surface area (Å²) >= 11 is 0. The summed E-state index contributed by atoms with van der Waals surface area (Å²) in [6, 6.07) is 10.3. The summed E-state index contributed by atoms with van der Waals surface area (Å²) in [6.07, 6.45) is -1.08. The zero-order valence-electron chi connectivity index (χ0n) is 15.1. The van der Waals surface area contributed by atoms with Gasteiger partial charge >= 0.3 is 5.97 Å². The van der Waals surface area contributed by atoms with Gasteiger partial charge in [0.05, 0.1) is 12.0 Å². The largest absolute Gasteiger partial charge is 0.496 e. The van der Waals surface area contributed by atoms with E-state index in [0.717, 1.165) is 5.56 Å². The molecule has 0 aliphatic rings. The Hall–Kier alpha value is -2.91. The molecule has 9 heteroatoms. The third-order valence-corrected chi connectivity index (χ3v) is 4.61. The Morgan fingerprint density at radius 2 is 1.74 bits per heavy atom. The van der Waals surface area contributed by atoms with E-state index in [9.17, 15) is 18.0 Å². The van der Waals surface area contributed by atoms with Crippen LogP contribution in [0.15, 0.2) is 47.4 Å². The summed E-state index contributed by atoms with van der Waals surface area (Å²) in [6.45, 7) is 3.24. The van der Waals surface area contributed by atoms with E-state index < -0.39 is 28.0 Å². The summed E-state index contributed by atoms with van der Waals surface area (Å²) in [5.41, 5.74) is 1.40. The number of rotatable bonds is 6. The summed E-state index contributed by atoms with van der Waals surface area (Å²) in [5.74, 6) is -0.919. The monoisotopic (exact) mass is 392 g/mol. The van der Waals surface area contributed by atoms with Crippen LogP contribution in [0.25, 0.3) is 0 Å². The van der Waals surface area contributed by atoms with Crippen LogP contribution in [-0.2, 0) is 19.6 Å². The van der Waals surface area contributed by atoms with Gasteiger partial charge in [-0.1, -0.05) is 11.6 Å². The molecule has 0 bridgehead atoms. The highest BCUT2D eigenvalue weighted by atomic mass is 32.2. The Kier molecular flexibility index (Phi) is 6.19. The Morgan fingerprint density at radius 3 is 2.30 bits per heavy atom. The standard InChI is InChI=1S/C18H20N2O6S/c1-11-4-9-16(25-3)15(10-11)18(22)26-12(2)17(21)20-13-5-7-14(8-6-13)27(19,23)24/h4-10,12H,1-3H3,(H,20,21)(H2,19,23,24). The second kappa shape index (κ2) is 8.19. The van der Waals surface area contributed by atoms with Gasteiger partial charge in [0.15, 0.2) is 6.10 Å². The van der Waals surface area contributed by atoms with Gasteiger partial charge < -0.3 is 14.8 Å². The zero-order chi connectivity index (χ0) is 20.2. The first-order chi connectivity index (χ1) is 12.6. The number of hydrogen-bond donors (Lipinski definition) is 2. The molecule has 0 radical (unpaired) electrons. The van der Waals surface area contributed by atoms with E-state index in [0.29, 0.717) is 11.4 Å². The molecular weight excluding hydrogens is 372 g/mol. The Morgan fingerprint density at radius 1 is 1.11 bits per heavy atom. The van der Waals surface area contributed by atoms with E-state index >= 15 is 0 Å². The molecule has 0 saturated heterocycles. The number of amides is 1. The normalized spacial score (nSPS) is 12.1. The van der Waals surface area contributed by atoms with Crippen molar-refractivity contribution in [2.24, 2.45) is 5.14 Å². The van der Waals surface area contributed by atoms with Crippen LogP contribution in [0.1, 0.15) is 22.8 Å². The fraction of sp³-hybridized carbons (Fsp3) is 0.222. The maximum absolute atomic E-state index is 12.3. The van der Waals surface area contributed by atoms with E-state index in [-0.39, 0.29) is 10.5 Å². The van der Waals surface area contributed by atoms with Crippen LogP contribution in [0, 0.1) is 6.92 Å². The van der Waals surface area contributed by atoms with Crippen LogP contribution >= 0.6 is 0 Å². The molecular formula is C18H20N2O6S. The Labute approximate surface area is 157 Å². The number of methoxy groups -OCH3 is 1. The Balaban J connectivity index is 2.05. The second-order valence-corrected chi connectivity index (χ2v) is 7.37. The number of esters is 1. The highest BCUT2D eigenvalue weighted by Gasteiger charge is 2.21. The lowest BCUT2D eigenvalue weighted by Gasteiger charge is -2.15. The predicted molar refractivity (Wildman–Crippen MR) is 99.1 cm³/mol. The first-order valence-electron chi connectivity index (χ1n) is 7.91. The van der Waals surface area contributed by atoms with Crippen LogP contribution in [-0.4, -0.2) is 33.5 Å². The minimum atomic E-state index is -3.82. The molecule has 144 valence electrons. The Bertz CT molecular complexity index is 954. The minimum absolute atomic E-state index is 0.0773. The number of carbonyl (C=O) groups excluding carboxylic acids is 2. The predicted octanol–water partition coefficient (Wildman–Crippen LogP) is 1.84. The lowest BCUT2D eigenvalue weighted by atomic mass is 10.1. The molecule has 0 spiro atoms. The van der Waals surface area contributed by atoms with Crippen molar-refractivity contribution in [3.63, 3.8) is 0 Å². The lowest BCUT2D eigenvalue weighted by molar-refractivity contribution is -0.123. The molecule has 8 nitrogen and oxygen atoms in total. The number of sulfonamides is 1. The highest BCUT2D eigenvalue weighted by molar-refractivity contribution is 7.89. The smallest absolute Gasteiger partial charge is 0.342 e. The van der Waals surface area contributed by atoms with Crippen molar-refractivity contribution >= 4 is 27.6 Å². The third kappa shape index (κ3) is 5.28. The van der Waals surface area contributed by atoms with Crippen molar-refractivity contribution in [1.82, 2.24) is 0 Å². The molecule has 1 atom stereocenters. The third-order valence-electron chi connectivity index (χ3n) is 3.68. The maximum Gasteiger partial charge on any atom is 0.342 e. The van der Waals surface area contributed by atoms with E-state index in [1.54, 1.807) is 18.2 Å². The van der Waals surface area contributed by atoms with Crippen molar-refractivity contribution in [2.45, 2.75) is 24.8 Å². The number of carbonyl (C=O) groups is 2. The van der Waals surface area contributed by atoms with E-state index in [4.69, 9.17) is 14.6 Å². The number of nitrogens with two attached hydrogens (primary N) is 1. The molecule has 0 aromatic heterocycles. The number of anilines is 1. The first kappa shape index (κ1) is 20.4. The summed E-state index contributed by atoms with van der Waals surface area (Å²) < 4.78 is 32.8. The molecule has 0 fully saturated rings. The number of aryl methyl sites for hydroxylation is 1. The molecule has 0 aliphatic heterocycles. The molecule has 2 aromatic rings. The number of benzene rings is 2. The number of nitrogens with one attached hydrogen (secondary N) is 1. The quantitative estimate of drug-likeness (QED) is 0.723. The lowest BCUT2D eigenvalue weighted by Crippen LogP contribution is -2.30. The van der Waals surface area contributed by atoms with Gasteiger partial charge in [-0.05, 0) is 50.2 Å². The van der Waals surface area contributed by atoms with Gasteiger partial charge in [0.25, 0.3) is 5.91 Å². The van der Waals surface area contributed by atoms with Crippen LogP contribution in [0.2, 0.25) is 0 Å². The fourth-order valence-electron chi connectivity index (χ4n) is 2.23. The molecule has 3 N–H and O–H groups in total. The molecule has 0 aliphatic carbocycles. The van der Waals surface area contributed by atoms with Crippen LogP contribution < -0.4 is 15.2 Å². The van der Waals surface area contributed by atoms with Crippen molar-refractivity contribution in [1.29, 1.82) is 0 Å². The molecule has 1 unspecified atom stereocenters.